The van der Waals surface area contributed by atoms with E-state index in [2.05, 4.69) is 27.7 Å². The number of hydrogen-bond acceptors (Lipinski definition) is 5. The summed E-state index contributed by atoms with van der Waals surface area (Å²) in [7, 11) is 0. The zero-order valence-electron chi connectivity index (χ0n) is 10.2. The standard InChI is InChI=1S/C11H18N4O2/c1-7-3-4-12-9(5-7)11(16)13-6-10-14-8(2)17-15-10/h7,9,12H,3-6H2,1-2H3,(H,13,16). The van der Waals surface area contributed by atoms with E-state index >= 15 is 0 Å². The molecular formula is C11H18N4O2. The number of nitrogens with one attached hydrogen (secondary N) is 2. The van der Waals surface area contributed by atoms with Crippen molar-refractivity contribution in [2.45, 2.75) is 39.3 Å². The highest BCUT2D eigenvalue weighted by Gasteiger charge is 2.24. The molecule has 1 aliphatic rings. The van der Waals surface area contributed by atoms with Crippen molar-refractivity contribution in [3.05, 3.63) is 11.7 Å². The van der Waals surface area contributed by atoms with Crippen LogP contribution in [0.2, 0.25) is 0 Å². The average molecular weight is 238 g/mol. The first kappa shape index (κ1) is 12.0. The fourth-order valence-corrected chi connectivity index (χ4v) is 2.01. The Morgan fingerprint density at radius 3 is 3.12 bits per heavy atom. The first-order valence-electron chi connectivity index (χ1n) is 5.95. The fourth-order valence-electron chi connectivity index (χ4n) is 2.01. The number of carbonyl (C=O) groups excluding carboxylic acids is 1. The number of nitrogens with zero attached hydrogens (tertiary/aromatic N) is 2. The maximum Gasteiger partial charge on any atom is 0.237 e. The molecule has 1 aromatic rings. The number of aryl methyl sites for hydroxylation is 1. The van der Waals surface area contributed by atoms with Gasteiger partial charge in [0.25, 0.3) is 0 Å². The third kappa shape index (κ3) is 3.26. The molecule has 1 aliphatic heterocycles. The summed E-state index contributed by atoms with van der Waals surface area (Å²) in [5.41, 5.74) is 0. The van der Waals surface area contributed by atoms with Crippen LogP contribution in [-0.2, 0) is 11.3 Å². The third-order valence-corrected chi connectivity index (χ3v) is 2.97. The zero-order valence-corrected chi connectivity index (χ0v) is 10.2. The summed E-state index contributed by atoms with van der Waals surface area (Å²) >= 11 is 0. The predicted octanol–water partition coefficient (Wildman–Crippen LogP) is 0.382. The van der Waals surface area contributed by atoms with Crippen LogP contribution in [0.25, 0.3) is 0 Å². The summed E-state index contributed by atoms with van der Waals surface area (Å²) in [6.45, 7) is 5.12. The second kappa shape index (κ2) is 5.27. The second-order valence-corrected chi connectivity index (χ2v) is 4.58. The van der Waals surface area contributed by atoms with Gasteiger partial charge in [-0.25, -0.2) is 0 Å². The van der Waals surface area contributed by atoms with E-state index in [-0.39, 0.29) is 11.9 Å². The van der Waals surface area contributed by atoms with Gasteiger partial charge in [0.1, 0.15) is 0 Å². The van der Waals surface area contributed by atoms with E-state index in [1.165, 1.54) is 0 Å². The Morgan fingerprint density at radius 1 is 1.65 bits per heavy atom. The molecule has 1 saturated heterocycles. The van der Waals surface area contributed by atoms with Crippen LogP contribution in [0.3, 0.4) is 0 Å². The Kier molecular flexibility index (Phi) is 3.73. The first-order valence-corrected chi connectivity index (χ1v) is 5.95. The highest BCUT2D eigenvalue weighted by molar-refractivity contribution is 5.81. The van der Waals surface area contributed by atoms with E-state index in [0.29, 0.717) is 24.2 Å². The molecule has 0 bridgehead atoms. The number of carbonyl (C=O) groups is 1. The number of rotatable bonds is 3. The van der Waals surface area contributed by atoms with Crippen molar-refractivity contribution in [1.82, 2.24) is 20.8 Å². The Bertz CT molecular complexity index is 391. The van der Waals surface area contributed by atoms with E-state index in [1.54, 1.807) is 6.92 Å². The quantitative estimate of drug-likeness (QED) is 0.796. The highest BCUT2D eigenvalue weighted by atomic mass is 16.5. The smallest absolute Gasteiger partial charge is 0.237 e. The van der Waals surface area contributed by atoms with Crippen molar-refractivity contribution in [2.75, 3.05) is 6.54 Å². The molecule has 6 nitrogen and oxygen atoms in total. The lowest BCUT2D eigenvalue weighted by molar-refractivity contribution is -0.124. The van der Waals surface area contributed by atoms with Gasteiger partial charge < -0.3 is 15.2 Å². The molecule has 0 aromatic carbocycles. The summed E-state index contributed by atoms with van der Waals surface area (Å²) < 4.78 is 4.83. The molecule has 0 saturated carbocycles. The van der Waals surface area contributed by atoms with Crippen LogP contribution in [0.1, 0.15) is 31.5 Å². The minimum absolute atomic E-state index is 0.0130. The molecule has 17 heavy (non-hydrogen) atoms. The monoisotopic (exact) mass is 238 g/mol. The largest absolute Gasteiger partial charge is 0.347 e. The van der Waals surface area contributed by atoms with Gasteiger partial charge in [0.15, 0.2) is 5.82 Å². The van der Waals surface area contributed by atoms with Gasteiger partial charge in [-0.15, -0.1) is 0 Å². The van der Waals surface area contributed by atoms with Gasteiger partial charge in [-0.2, -0.15) is 4.98 Å². The molecule has 2 heterocycles. The number of hydrogen-bond donors (Lipinski definition) is 2. The molecule has 1 amide bonds. The van der Waals surface area contributed by atoms with Gasteiger partial charge in [-0.3, -0.25) is 4.79 Å². The van der Waals surface area contributed by atoms with Crippen molar-refractivity contribution < 1.29 is 9.32 Å². The van der Waals surface area contributed by atoms with Crippen molar-refractivity contribution >= 4 is 5.91 Å². The molecule has 2 unspecified atom stereocenters. The van der Waals surface area contributed by atoms with Gasteiger partial charge >= 0.3 is 0 Å². The molecule has 2 atom stereocenters. The van der Waals surface area contributed by atoms with E-state index in [9.17, 15) is 4.79 Å². The van der Waals surface area contributed by atoms with Gasteiger partial charge in [-0.1, -0.05) is 12.1 Å². The lowest BCUT2D eigenvalue weighted by Gasteiger charge is -2.26. The van der Waals surface area contributed by atoms with E-state index in [0.717, 1.165) is 19.4 Å². The maximum absolute atomic E-state index is 11.9. The van der Waals surface area contributed by atoms with Gasteiger partial charge in [0, 0.05) is 6.92 Å². The zero-order chi connectivity index (χ0) is 12.3. The van der Waals surface area contributed by atoms with Crippen LogP contribution in [-0.4, -0.2) is 28.6 Å². The predicted molar refractivity (Wildman–Crippen MR) is 61.1 cm³/mol. The summed E-state index contributed by atoms with van der Waals surface area (Å²) in [6.07, 6.45) is 2.02. The summed E-state index contributed by atoms with van der Waals surface area (Å²) in [4.78, 5) is 15.9. The fraction of sp³-hybridized carbons (Fsp3) is 0.727. The minimum atomic E-state index is -0.0910. The second-order valence-electron chi connectivity index (χ2n) is 4.58. The first-order chi connectivity index (χ1) is 8.15. The van der Waals surface area contributed by atoms with Crippen molar-refractivity contribution in [3.63, 3.8) is 0 Å². The van der Waals surface area contributed by atoms with Crippen LogP contribution < -0.4 is 10.6 Å². The van der Waals surface area contributed by atoms with Crippen LogP contribution in [0.15, 0.2) is 4.52 Å². The maximum atomic E-state index is 11.9. The SMILES string of the molecule is Cc1nc(CNC(=O)C2CC(C)CCN2)no1. The van der Waals surface area contributed by atoms with Crippen LogP contribution in [0.5, 0.6) is 0 Å². The van der Waals surface area contributed by atoms with Gasteiger partial charge in [0.2, 0.25) is 11.8 Å². The molecular weight excluding hydrogens is 220 g/mol. The molecule has 2 rings (SSSR count). The normalized spacial score (nSPS) is 24.6. The topological polar surface area (TPSA) is 80.0 Å². The Hall–Kier alpha value is -1.43. The Balaban J connectivity index is 1.80. The van der Waals surface area contributed by atoms with Gasteiger partial charge in [-0.05, 0) is 25.3 Å². The summed E-state index contributed by atoms with van der Waals surface area (Å²) in [6, 6.07) is -0.0910. The minimum Gasteiger partial charge on any atom is -0.347 e. The molecule has 2 N–H and O–H groups in total. The van der Waals surface area contributed by atoms with Crippen molar-refractivity contribution in [2.24, 2.45) is 5.92 Å². The number of piperidine rings is 1. The lowest BCUT2D eigenvalue weighted by Crippen LogP contribution is -2.48. The molecule has 1 fully saturated rings. The van der Waals surface area contributed by atoms with Crippen molar-refractivity contribution in [1.29, 1.82) is 0 Å². The van der Waals surface area contributed by atoms with Crippen LogP contribution >= 0.6 is 0 Å². The summed E-state index contributed by atoms with van der Waals surface area (Å²) in [5.74, 6) is 1.64. The number of aromatic nitrogens is 2. The Morgan fingerprint density at radius 2 is 2.47 bits per heavy atom. The molecule has 0 radical (unpaired) electrons. The van der Waals surface area contributed by atoms with Gasteiger partial charge in [0.05, 0.1) is 12.6 Å². The van der Waals surface area contributed by atoms with E-state index in [1.807, 2.05) is 0 Å². The van der Waals surface area contributed by atoms with Crippen LogP contribution in [0.4, 0.5) is 0 Å². The molecule has 6 heteroatoms. The third-order valence-electron chi connectivity index (χ3n) is 2.97. The molecule has 1 aromatic heterocycles. The molecule has 94 valence electrons. The van der Waals surface area contributed by atoms with E-state index < -0.39 is 0 Å². The number of amides is 1. The Labute approximate surface area is 100 Å². The van der Waals surface area contributed by atoms with Crippen LogP contribution in [0, 0.1) is 12.8 Å². The van der Waals surface area contributed by atoms with Crippen molar-refractivity contribution in [3.8, 4) is 0 Å². The molecule has 0 spiro atoms. The lowest BCUT2D eigenvalue weighted by atomic mass is 9.94. The average Bonchev–Trinajstić information content (AvgIpc) is 2.72. The summed E-state index contributed by atoms with van der Waals surface area (Å²) in [5, 5.41) is 9.76. The highest BCUT2D eigenvalue weighted by Crippen LogP contribution is 2.14. The van der Waals surface area contributed by atoms with E-state index in [4.69, 9.17) is 4.52 Å². The molecule has 0 aliphatic carbocycles.